The summed E-state index contributed by atoms with van der Waals surface area (Å²) in [5, 5.41) is 2.66. The fourth-order valence-electron chi connectivity index (χ4n) is 1.07. The van der Waals surface area contributed by atoms with E-state index in [1.807, 2.05) is 20.8 Å². The molecule has 0 aliphatic rings. The second kappa shape index (κ2) is 15.3. The van der Waals surface area contributed by atoms with Crippen LogP contribution in [-0.4, -0.2) is 15.1 Å². The van der Waals surface area contributed by atoms with E-state index in [1.165, 1.54) is 10.8 Å². The molecule has 20 heavy (non-hydrogen) atoms. The van der Waals surface area contributed by atoms with Gasteiger partial charge in [-0.2, -0.15) is 17.5 Å². The van der Waals surface area contributed by atoms with Gasteiger partial charge in [0.05, 0.1) is 0 Å². The standard InChI is InChI=1S/C9H7.C4H10N.C2H6Si.2CH3.Zr/c1-2-5-9-7-3-6-8(9)4-1;1-4(2,3)5;1-3-2;;;/h1-7H;5H,1-3H3;1-2H3;2*1H3;/q2*-1;;2*-1;+4. The van der Waals surface area contributed by atoms with Crippen LogP contribution in [0.1, 0.15) is 20.8 Å². The molecule has 0 fully saturated rings. The molecule has 1 nitrogen and oxygen atoms in total. The maximum absolute atomic E-state index is 6.94. The first-order valence-electron chi connectivity index (χ1n) is 5.82. The zero-order valence-electron chi connectivity index (χ0n) is 14.0. The number of fused-ring (bicyclic) bond motifs is 1. The smallest absolute Gasteiger partial charge is 0.673 e. The zero-order chi connectivity index (χ0) is 13.3. The second-order valence-corrected chi connectivity index (χ2v) is 5.90. The van der Waals surface area contributed by atoms with Crippen molar-refractivity contribution in [1.29, 1.82) is 0 Å². The van der Waals surface area contributed by atoms with Gasteiger partial charge in [-0.1, -0.05) is 39.9 Å². The normalized spacial score (nSPS) is 8.50. The Balaban J connectivity index is -0.000000103. The van der Waals surface area contributed by atoms with Crippen LogP contribution in [0, 0.1) is 14.9 Å². The summed E-state index contributed by atoms with van der Waals surface area (Å²) in [7, 11) is 1.08. The van der Waals surface area contributed by atoms with E-state index in [1.54, 1.807) is 0 Å². The van der Waals surface area contributed by atoms with Gasteiger partial charge in [0.25, 0.3) is 0 Å². The molecule has 0 saturated heterocycles. The third-order valence-corrected chi connectivity index (χ3v) is 1.55. The molecular formula is C17H29NSiZr. The third kappa shape index (κ3) is 17.9. The van der Waals surface area contributed by atoms with Crippen LogP contribution in [0.5, 0.6) is 0 Å². The van der Waals surface area contributed by atoms with Crippen LogP contribution < -0.4 is 0 Å². The summed E-state index contributed by atoms with van der Waals surface area (Å²) in [6, 6.07) is 14.7. The number of hydrogen-bond acceptors (Lipinski definition) is 0. The molecule has 0 aliphatic heterocycles. The van der Waals surface area contributed by atoms with E-state index in [0.717, 1.165) is 9.52 Å². The number of hydrogen-bond donors (Lipinski definition) is 0. The van der Waals surface area contributed by atoms with E-state index in [-0.39, 0.29) is 46.6 Å². The SMILES string of the molecule is CC(C)(C)[NH-].C[Si]C.[CH3-].[CH3-].[Zr+4].c1ccc2[cH-]ccc2c1. The van der Waals surface area contributed by atoms with Crippen LogP contribution >= 0.6 is 0 Å². The van der Waals surface area contributed by atoms with Crippen molar-refractivity contribution >= 4 is 20.3 Å². The summed E-state index contributed by atoms with van der Waals surface area (Å²) in [6.07, 6.45) is 0. The molecule has 3 heteroatoms. The fraction of sp³-hybridized carbons (Fsp3) is 0.353. The van der Waals surface area contributed by atoms with Crippen molar-refractivity contribution in [2.75, 3.05) is 0 Å². The van der Waals surface area contributed by atoms with Crippen molar-refractivity contribution in [3.8, 4) is 0 Å². The predicted octanol–water partition coefficient (Wildman–Crippen LogP) is 6.08. The van der Waals surface area contributed by atoms with Crippen LogP contribution in [0.3, 0.4) is 0 Å². The molecule has 0 unspecified atom stereocenters. The van der Waals surface area contributed by atoms with Crippen LogP contribution in [0.2, 0.25) is 13.1 Å². The molecular weight excluding hydrogens is 338 g/mol. The average molecular weight is 367 g/mol. The van der Waals surface area contributed by atoms with Gasteiger partial charge < -0.3 is 20.6 Å². The van der Waals surface area contributed by atoms with Gasteiger partial charge >= 0.3 is 26.2 Å². The molecule has 0 saturated carbocycles. The Bertz CT molecular complexity index is 368. The maximum atomic E-state index is 6.94. The summed E-state index contributed by atoms with van der Waals surface area (Å²) in [5.41, 5.74) is 6.69. The molecule has 0 heterocycles. The van der Waals surface area contributed by atoms with E-state index in [0.29, 0.717) is 0 Å². The van der Waals surface area contributed by atoms with Crippen molar-refractivity contribution in [2.45, 2.75) is 39.4 Å². The summed E-state index contributed by atoms with van der Waals surface area (Å²) in [4.78, 5) is 0. The maximum Gasteiger partial charge on any atom is 4.00 e. The predicted molar refractivity (Wildman–Crippen MR) is 93.9 cm³/mol. The molecule has 0 bridgehead atoms. The molecule has 0 spiro atoms. The minimum Gasteiger partial charge on any atom is -0.673 e. The van der Waals surface area contributed by atoms with Crippen LogP contribution in [0.4, 0.5) is 0 Å². The Morgan fingerprint density at radius 1 is 1.00 bits per heavy atom. The van der Waals surface area contributed by atoms with Crippen molar-refractivity contribution in [2.24, 2.45) is 0 Å². The quantitative estimate of drug-likeness (QED) is 0.398. The van der Waals surface area contributed by atoms with Crippen LogP contribution in [0.15, 0.2) is 42.5 Å². The van der Waals surface area contributed by atoms with Crippen molar-refractivity contribution in [1.82, 2.24) is 0 Å². The number of rotatable bonds is 0. The fourth-order valence-corrected chi connectivity index (χ4v) is 1.07. The van der Waals surface area contributed by atoms with Gasteiger partial charge in [0.1, 0.15) is 0 Å². The van der Waals surface area contributed by atoms with Gasteiger partial charge in [-0.25, -0.2) is 0 Å². The Morgan fingerprint density at radius 2 is 1.40 bits per heavy atom. The van der Waals surface area contributed by atoms with Gasteiger partial charge in [-0.15, -0.1) is 35.2 Å². The average Bonchev–Trinajstić information content (AvgIpc) is 2.63. The zero-order valence-corrected chi connectivity index (χ0v) is 17.5. The summed E-state index contributed by atoms with van der Waals surface area (Å²) < 4.78 is 0. The topological polar surface area (TPSA) is 23.8 Å². The van der Waals surface area contributed by atoms with E-state index in [9.17, 15) is 0 Å². The van der Waals surface area contributed by atoms with E-state index in [4.69, 9.17) is 5.73 Å². The largest absolute Gasteiger partial charge is 4.00 e. The van der Waals surface area contributed by atoms with E-state index < -0.39 is 0 Å². The number of benzene rings is 1. The molecule has 0 amide bonds. The first kappa shape index (κ1) is 28.1. The monoisotopic (exact) mass is 365 g/mol. The van der Waals surface area contributed by atoms with Gasteiger partial charge in [0.15, 0.2) is 0 Å². The molecule has 0 atom stereocenters. The second-order valence-electron chi connectivity index (χ2n) is 4.90. The Hall–Kier alpha value is -0.110. The molecule has 2 rings (SSSR count). The van der Waals surface area contributed by atoms with Gasteiger partial charge in [-0.3, -0.25) is 0 Å². The van der Waals surface area contributed by atoms with Crippen molar-refractivity contribution < 1.29 is 26.2 Å². The van der Waals surface area contributed by atoms with Gasteiger partial charge in [0.2, 0.25) is 0 Å². The first-order valence-corrected chi connectivity index (χ1v) is 7.82. The first-order chi connectivity index (χ1) is 7.88. The summed E-state index contributed by atoms with van der Waals surface area (Å²) in [6.45, 7) is 9.87. The van der Waals surface area contributed by atoms with Gasteiger partial charge in [-0.05, 0) is 0 Å². The summed E-state index contributed by atoms with van der Waals surface area (Å²) >= 11 is 0. The van der Waals surface area contributed by atoms with Gasteiger partial charge in [0, 0.05) is 9.52 Å². The molecule has 110 valence electrons. The van der Waals surface area contributed by atoms with Crippen LogP contribution in [0.25, 0.3) is 16.5 Å². The molecule has 2 aromatic carbocycles. The van der Waals surface area contributed by atoms with Crippen molar-refractivity contribution in [3.05, 3.63) is 63.1 Å². The third-order valence-electron chi connectivity index (χ3n) is 1.55. The minimum absolute atomic E-state index is 0. The van der Waals surface area contributed by atoms with Crippen LogP contribution in [-0.2, 0) is 26.2 Å². The molecule has 0 aromatic heterocycles. The molecule has 0 aliphatic carbocycles. The van der Waals surface area contributed by atoms with E-state index in [2.05, 4.69) is 55.6 Å². The molecule has 2 radical (unpaired) electrons. The Morgan fingerprint density at radius 3 is 1.80 bits per heavy atom. The number of nitrogens with one attached hydrogen (secondary N) is 1. The molecule has 1 N–H and O–H groups in total. The summed E-state index contributed by atoms with van der Waals surface area (Å²) in [5.74, 6) is 0. The minimum atomic E-state index is -0.250. The van der Waals surface area contributed by atoms with E-state index >= 15 is 0 Å². The molecule has 2 aromatic rings. The Labute approximate surface area is 148 Å². The van der Waals surface area contributed by atoms with Crippen molar-refractivity contribution in [3.63, 3.8) is 0 Å². The Kier molecular flexibility index (Phi) is 21.5.